The number of guanidine groups is 1. The van der Waals surface area contributed by atoms with Crippen LogP contribution in [0.1, 0.15) is 36.3 Å². The summed E-state index contributed by atoms with van der Waals surface area (Å²) < 4.78 is 2.19. The van der Waals surface area contributed by atoms with Crippen LogP contribution in [0.15, 0.2) is 29.5 Å². The molecule has 2 heterocycles. The fourth-order valence-electron chi connectivity index (χ4n) is 2.33. The Morgan fingerprint density at radius 2 is 2.00 bits per heavy atom. The highest BCUT2D eigenvalue weighted by Crippen LogP contribution is 2.16. The van der Waals surface area contributed by atoms with Crippen molar-refractivity contribution in [2.75, 3.05) is 7.05 Å². The van der Waals surface area contributed by atoms with E-state index in [2.05, 4.69) is 58.1 Å². The van der Waals surface area contributed by atoms with E-state index in [1.54, 1.807) is 7.05 Å². The van der Waals surface area contributed by atoms with E-state index in [1.165, 1.54) is 9.75 Å². The van der Waals surface area contributed by atoms with E-state index in [1.807, 2.05) is 23.7 Å². The Bertz CT molecular complexity index is 626. The zero-order valence-corrected chi connectivity index (χ0v) is 15.3. The zero-order valence-electron chi connectivity index (χ0n) is 14.5. The Balaban J connectivity index is 1.84. The van der Waals surface area contributed by atoms with E-state index in [9.17, 15) is 0 Å². The summed E-state index contributed by atoms with van der Waals surface area (Å²) in [7, 11) is 1.79. The van der Waals surface area contributed by atoms with Crippen LogP contribution in [-0.4, -0.2) is 22.6 Å². The lowest BCUT2D eigenvalue weighted by molar-refractivity contribution is 0.503. The highest BCUT2D eigenvalue weighted by molar-refractivity contribution is 7.11. The third-order valence-corrected chi connectivity index (χ3v) is 4.73. The lowest BCUT2D eigenvalue weighted by Crippen LogP contribution is -2.36. The van der Waals surface area contributed by atoms with Gasteiger partial charge >= 0.3 is 0 Å². The summed E-state index contributed by atoms with van der Waals surface area (Å²) in [6.07, 6.45) is 4.98. The monoisotopic (exact) mass is 333 g/mol. The summed E-state index contributed by atoms with van der Waals surface area (Å²) in [5, 5.41) is 6.69. The van der Waals surface area contributed by atoms with E-state index in [-0.39, 0.29) is 0 Å². The lowest BCUT2D eigenvalue weighted by atomic mass is 10.2. The fourth-order valence-corrected chi connectivity index (χ4v) is 3.23. The first-order chi connectivity index (χ1) is 11.1. The molecule has 0 saturated heterocycles. The third kappa shape index (κ3) is 5.39. The van der Waals surface area contributed by atoms with Crippen molar-refractivity contribution in [1.29, 1.82) is 0 Å². The number of aliphatic imine (C=N–C) groups is 1. The van der Waals surface area contributed by atoms with Gasteiger partial charge in [0.2, 0.25) is 0 Å². The van der Waals surface area contributed by atoms with Crippen molar-refractivity contribution in [2.45, 2.75) is 46.8 Å². The van der Waals surface area contributed by atoms with Gasteiger partial charge in [-0.1, -0.05) is 20.8 Å². The lowest BCUT2D eigenvalue weighted by Gasteiger charge is -2.13. The number of aromatic nitrogens is 2. The van der Waals surface area contributed by atoms with Gasteiger partial charge in [0.05, 0.1) is 13.1 Å². The van der Waals surface area contributed by atoms with Crippen molar-refractivity contribution in [3.63, 3.8) is 0 Å². The Morgan fingerprint density at radius 1 is 1.26 bits per heavy atom. The predicted molar refractivity (Wildman–Crippen MR) is 97.8 cm³/mol. The molecule has 0 spiro atoms. The maximum atomic E-state index is 4.43. The second-order valence-electron chi connectivity index (χ2n) is 5.89. The van der Waals surface area contributed by atoms with Crippen molar-refractivity contribution in [3.05, 3.63) is 40.1 Å². The molecule has 2 aromatic rings. The molecule has 126 valence electrons. The number of thiophene rings is 1. The third-order valence-electron chi connectivity index (χ3n) is 3.50. The molecule has 6 heteroatoms. The first-order valence-corrected chi connectivity index (χ1v) is 8.96. The molecule has 5 nitrogen and oxygen atoms in total. The summed E-state index contributed by atoms with van der Waals surface area (Å²) in [5.41, 5.74) is 0. The molecule has 0 aliphatic heterocycles. The molecule has 0 fully saturated rings. The number of imidazole rings is 1. The molecule has 2 aromatic heterocycles. The number of rotatable bonds is 7. The molecule has 0 radical (unpaired) electrons. The number of nitrogens with zero attached hydrogens (tertiary/aromatic N) is 3. The van der Waals surface area contributed by atoms with Crippen LogP contribution in [0.5, 0.6) is 0 Å². The smallest absolute Gasteiger partial charge is 0.191 e. The molecule has 0 unspecified atom stereocenters. The standard InChI is InChI=1S/C17H27N5S/c1-5-14-6-7-15(23-14)10-20-17(18-4)21-11-16-19-8-9-22(16)12-13(2)3/h6-9,13H,5,10-12H2,1-4H3,(H2,18,20,21). The highest BCUT2D eigenvalue weighted by atomic mass is 32.1. The van der Waals surface area contributed by atoms with E-state index in [4.69, 9.17) is 0 Å². The number of nitrogens with one attached hydrogen (secondary N) is 2. The van der Waals surface area contributed by atoms with Gasteiger partial charge in [0.1, 0.15) is 5.82 Å². The summed E-state index contributed by atoms with van der Waals surface area (Å²) in [4.78, 5) is 11.5. The quantitative estimate of drug-likeness (QED) is 0.605. The van der Waals surface area contributed by atoms with Gasteiger partial charge in [-0.3, -0.25) is 4.99 Å². The Kier molecular flexibility index (Phi) is 6.65. The van der Waals surface area contributed by atoms with E-state index >= 15 is 0 Å². The first kappa shape index (κ1) is 17.5. The number of aryl methyl sites for hydroxylation is 1. The van der Waals surface area contributed by atoms with Crippen LogP contribution in [0.25, 0.3) is 0 Å². The summed E-state index contributed by atoms with van der Waals surface area (Å²) >= 11 is 1.85. The fraction of sp³-hybridized carbons (Fsp3) is 0.529. The van der Waals surface area contributed by atoms with Crippen LogP contribution in [0, 0.1) is 5.92 Å². The van der Waals surface area contributed by atoms with Gasteiger partial charge in [-0.25, -0.2) is 4.98 Å². The average molecular weight is 334 g/mol. The molecule has 0 aliphatic rings. The van der Waals surface area contributed by atoms with Crippen LogP contribution in [0.3, 0.4) is 0 Å². The SMILES string of the molecule is CCc1ccc(CNC(=NC)NCc2nccn2CC(C)C)s1. The Labute approximate surface area is 142 Å². The average Bonchev–Trinajstić information content (AvgIpc) is 3.16. The number of hydrogen-bond acceptors (Lipinski definition) is 3. The van der Waals surface area contributed by atoms with Crippen molar-refractivity contribution in [1.82, 2.24) is 20.2 Å². The molecule has 0 saturated carbocycles. The Morgan fingerprint density at radius 3 is 2.65 bits per heavy atom. The normalized spacial score (nSPS) is 12.0. The minimum absolute atomic E-state index is 0.604. The molecular weight excluding hydrogens is 306 g/mol. The van der Waals surface area contributed by atoms with Gasteiger partial charge in [-0.2, -0.15) is 0 Å². The van der Waals surface area contributed by atoms with Gasteiger partial charge < -0.3 is 15.2 Å². The van der Waals surface area contributed by atoms with Gasteiger partial charge in [0, 0.05) is 35.7 Å². The van der Waals surface area contributed by atoms with Crippen LogP contribution in [0.2, 0.25) is 0 Å². The molecule has 2 N–H and O–H groups in total. The zero-order chi connectivity index (χ0) is 16.7. The summed E-state index contributed by atoms with van der Waals surface area (Å²) in [6, 6.07) is 4.37. The van der Waals surface area contributed by atoms with E-state index in [0.29, 0.717) is 12.5 Å². The largest absolute Gasteiger partial charge is 0.352 e. The second-order valence-corrected chi connectivity index (χ2v) is 7.14. The van der Waals surface area contributed by atoms with Gasteiger partial charge in [-0.15, -0.1) is 11.3 Å². The second kappa shape index (κ2) is 8.72. The van der Waals surface area contributed by atoms with Crippen LogP contribution in [-0.2, 0) is 26.1 Å². The maximum Gasteiger partial charge on any atom is 0.191 e. The van der Waals surface area contributed by atoms with Crippen molar-refractivity contribution in [3.8, 4) is 0 Å². The molecule has 23 heavy (non-hydrogen) atoms. The predicted octanol–water partition coefficient (Wildman–Crippen LogP) is 3.03. The molecule has 0 amide bonds. The maximum absolute atomic E-state index is 4.43. The topological polar surface area (TPSA) is 54.2 Å². The van der Waals surface area contributed by atoms with Crippen LogP contribution >= 0.6 is 11.3 Å². The Hall–Kier alpha value is -1.82. The van der Waals surface area contributed by atoms with Gasteiger partial charge in [0.15, 0.2) is 5.96 Å². The first-order valence-electron chi connectivity index (χ1n) is 8.14. The highest BCUT2D eigenvalue weighted by Gasteiger charge is 2.06. The van der Waals surface area contributed by atoms with E-state index < -0.39 is 0 Å². The van der Waals surface area contributed by atoms with Crippen molar-refractivity contribution < 1.29 is 0 Å². The molecule has 0 atom stereocenters. The van der Waals surface area contributed by atoms with Gasteiger partial charge in [-0.05, 0) is 24.5 Å². The number of hydrogen-bond donors (Lipinski definition) is 2. The van der Waals surface area contributed by atoms with E-state index in [0.717, 1.165) is 31.3 Å². The molecule has 0 aromatic carbocycles. The molecule has 0 bridgehead atoms. The van der Waals surface area contributed by atoms with Crippen molar-refractivity contribution in [2.24, 2.45) is 10.9 Å². The molecule has 0 aliphatic carbocycles. The summed E-state index contributed by atoms with van der Waals surface area (Å²) in [6.45, 7) is 9.06. The minimum Gasteiger partial charge on any atom is -0.352 e. The van der Waals surface area contributed by atoms with Crippen LogP contribution in [0.4, 0.5) is 0 Å². The van der Waals surface area contributed by atoms with Crippen molar-refractivity contribution >= 4 is 17.3 Å². The minimum atomic E-state index is 0.604. The van der Waals surface area contributed by atoms with Gasteiger partial charge in [0.25, 0.3) is 0 Å². The summed E-state index contributed by atoms with van der Waals surface area (Å²) in [5.74, 6) is 2.44. The van der Waals surface area contributed by atoms with Crippen LogP contribution < -0.4 is 10.6 Å². The molecular formula is C17H27N5S. The molecule has 2 rings (SSSR count).